The van der Waals surface area contributed by atoms with Crippen LogP contribution in [0.25, 0.3) is 0 Å². The molecule has 0 aromatic carbocycles. The topological polar surface area (TPSA) is 95.5 Å². The number of imidazole rings is 1. The van der Waals surface area contributed by atoms with Crippen molar-refractivity contribution in [1.82, 2.24) is 9.47 Å². The van der Waals surface area contributed by atoms with Crippen molar-refractivity contribution in [3.63, 3.8) is 0 Å². The summed E-state index contributed by atoms with van der Waals surface area (Å²) in [6, 6.07) is 0.873. The van der Waals surface area contributed by atoms with Crippen molar-refractivity contribution in [2.75, 3.05) is 13.7 Å². The monoisotopic (exact) mass is 361 g/mol. The van der Waals surface area contributed by atoms with Gasteiger partial charge in [-0.25, -0.2) is 17.6 Å². The molecule has 0 bridgehead atoms. The predicted octanol–water partition coefficient (Wildman–Crippen LogP) is 0.758. The third kappa shape index (κ3) is 6.98. The van der Waals surface area contributed by atoms with Gasteiger partial charge in [-0.3, -0.25) is 8.98 Å². The highest BCUT2D eigenvalue weighted by molar-refractivity contribution is 7.80. The minimum absolute atomic E-state index is 0.336. The SMILES string of the molecule is CC(CCC(C)n1cc[n+](C)c1)N1CCCC1=O.COS(=O)(=O)[O-]. The number of carbonyl (C=O) groups excluding carboxylic acids is 1. The molecule has 2 atom stereocenters. The van der Waals surface area contributed by atoms with Crippen molar-refractivity contribution in [3.8, 4) is 0 Å². The molecule has 0 aliphatic carbocycles. The van der Waals surface area contributed by atoms with Crippen LogP contribution < -0.4 is 4.57 Å². The Labute approximate surface area is 144 Å². The first-order valence-corrected chi connectivity index (χ1v) is 9.31. The second kappa shape index (κ2) is 9.14. The first-order valence-electron chi connectivity index (χ1n) is 7.97. The van der Waals surface area contributed by atoms with E-state index in [-0.39, 0.29) is 0 Å². The lowest BCUT2D eigenvalue weighted by Crippen LogP contribution is -2.34. The van der Waals surface area contributed by atoms with Gasteiger partial charge in [0.25, 0.3) is 0 Å². The lowest BCUT2D eigenvalue weighted by Gasteiger charge is -2.24. The quantitative estimate of drug-likeness (QED) is 0.423. The van der Waals surface area contributed by atoms with Crippen molar-refractivity contribution in [2.24, 2.45) is 7.05 Å². The van der Waals surface area contributed by atoms with Crippen molar-refractivity contribution < 1.29 is 26.5 Å². The Morgan fingerprint density at radius 3 is 2.33 bits per heavy atom. The van der Waals surface area contributed by atoms with E-state index in [1.54, 1.807) is 0 Å². The van der Waals surface area contributed by atoms with Gasteiger partial charge >= 0.3 is 0 Å². The van der Waals surface area contributed by atoms with E-state index in [2.05, 4.69) is 45.9 Å². The van der Waals surface area contributed by atoms with Crippen LogP contribution in [-0.2, 0) is 26.4 Å². The summed E-state index contributed by atoms with van der Waals surface area (Å²) in [7, 11) is -1.57. The molecule has 0 radical (unpaired) electrons. The molecule has 1 amide bonds. The Morgan fingerprint density at radius 2 is 1.92 bits per heavy atom. The van der Waals surface area contributed by atoms with Crippen LogP contribution in [-0.4, -0.2) is 48.0 Å². The van der Waals surface area contributed by atoms with Crippen LogP contribution in [0.15, 0.2) is 18.7 Å². The van der Waals surface area contributed by atoms with E-state index in [1.165, 1.54) is 0 Å². The van der Waals surface area contributed by atoms with Gasteiger partial charge in [-0.2, -0.15) is 0 Å². The number of nitrogens with zero attached hydrogens (tertiary/aromatic N) is 3. The molecule has 24 heavy (non-hydrogen) atoms. The summed E-state index contributed by atoms with van der Waals surface area (Å²) in [5.41, 5.74) is 0. The van der Waals surface area contributed by atoms with Crippen molar-refractivity contribution in [2.45, 2.75) is 51.6 Å². The molecule has 1 saturated heterocycles. The van der Waals surface area contributed by atoms with Crippen molar-refractivity contribution in [3.05, 3.63) is 18.7 Å². The third-order valence-corrected chi connectivity index (χ3v) is 4.56. The maximum atomic E-state index is 11.7. The van der Waals surface area contributed by atoms with E-state index < -0.39 is 10.4 Å². The molecule has 1 aliphatic rings. The fraction of sp³-hybridized carbons (Fsp3) is 0.733. The Bertz CT molecular complexity index is 629. The lowest BCUT2D eigenvalue weighted by atomic mass is 10.1. The molecule has 2 rings (SSSR count). The largest absolute Gasteiger partial charge is 0.726 e. The average Bonchev–Trinajstić information content (AvgIpc) is 3.13. The Kier molecular flexibility index (Phi) is 7.85. The van der Waals surface area contributed by atoms with E-state index in [4.69, 9.17) is 0 Å². The van der Waals surface area contributed by atoms with Crippen LogP contribution >= 0.6 is 0 Å². The second-order valence-electron chi connectivity index (χ2n) is 6.07. The standard InChI is InChI=1S/C14H24N3O.CH4O4S/c1-12(16-10-9-15(3)11-16)6-7-13(2)17-8-4-5-14(17)18;1-5-6(2,3)4/h9-13H,4-8H2,1-3H3;1H3,(H,2,3,4)/q+1;/p-1. The Balaban J connectivity index is 0.000000413. The molecular weight excluding hydrogens is 334 g/mol. The van der Waals surface area contributed by atoms with E-state index in [1.807, 2.05) is 11.9 Å². The van der Waals surface area contributed by atoms with E-state index in [9.17, 15) is 17.8 Å². The fourth-order valence-electron chi connectivity index (χ4n) is 2.65. The summed E-state index contributed by atoms with van der Waals surface area (Å²) in [5, 5.41) is 0. The second-order valence-corrected chi connectivity index (χ2v) is 7.22. The smallest absolute Gasteiger partial charge is 0.243 e. The number of likely N-dealkylation sites (tertiary alicyclic amines) is 1. The summed E-state index contributed by atoms with van der Waals surface area (Å²) in [6.07, 6.45) is 10.2. The summed E-state index contributed by atoms with van der Waals surface area (Å²) in [4.78, 5) is 13.7. The number of hydrogen-bond acceptors (Lipinski definition) is 5. The molecule has 2 unspecified atom stereocenters. The number of aryl methyl sites for hydroxylation is 1. The summed E-state index contributed by atoms with van der Waals surface area (Å²) in [6.45, 7) is 5.36. The molecule has 0 spiro atoms. The zero-order valence-corrected chi connectivity index (χ0v) is 15.5. The minimum Gasteiger partial charge on any atom is -0.726 e. The minimum atomic E-state index is -4.41. The number of rotatable bonds is 6. The van der Waals surface area contributed by atoms with Gasteiger partial charge in [-0.15, -0.1) is 0 Å². The molecule has 2 heterocycles. The molecule has 138 valence electrons. The van der Waals surface area contributed by atoms with Gasteiger partial charge in [0.15, 0.2) is 0 Å². The lowest BCUT2D eigenvalue weighted by molar-refractivity contribution is -0.671. The van der Waals surface area contributed by atoms with Crippen LogP contribution in [0.1, 0.15) is 45.6 Å². The first-order chi connectivity index (χ1) is 11.1. The first kappa shape index (κ1) is 20.6. The summed E-state index contributed by atoms with van der Waals surface area (Å²) >= 11 is 0. The Hall–Kier alpha value is -1.45. The predicted molar refractivity (Wildman–Crippen MR) is 86.7 cm³/mol. The zero-order valence-electron chi connectivity index (χ0n) is 14.7. The van der Waals surface area contributed by atoms with Crippen molar-refractivity contribution >= 4 is 16.3 Å². The highest BCUT2D eigenvalue weighted by Crippen LogP contribution is 2.20. The van der Waals surface area contributed by atoms with E-state index >= 15 is 0 Å². The van der Waals surface area contributed by atoms with Crippen LogP contribution in [0, 0.1) is 0 Å². The zero-order chi connectivity index (χ0) is 18.3. The highest BCUT2D eigenvalue weighted by atomic mass is 32.3. The van der Waals surface area contributed by atoms with E-state index in [0.29, 0.717) is 18.0 Å². The normalized spacial score (nSPS) is 17.4. The molecular formula is C15H27N3O5S. The number of aromatic nitrogens is 2. The Morgan fingerprint density at radius 1 is 1.33 bits per heavy atom. The molecule has 0 N–H and O–H groups in total. The summed E-state index contributed by atoms with van der Waals surface area (Å²) in [5.74, 6) is 0.336. The van der Waals surface area contributed by atoms with Gasteiger partial charge in [0, 0.05) is 19.0 Å². The fourth-order valence-corrected chi connectivity index (χ4v) is 2.65. The van der Waals surface area contributed by atoms with Crippen LogP contribution in [0.4, 0.5) is 0 Å². The number of amides is 1. The van der Waals surface area contributed by atoms with Gasteiger partial charge in [-0.05, 0) is 33.1 Å². The molecule has 1 aromatic heterocycles. The molecule has 9 heteroatoms. The van der Waals surface area contributed by atoms with Gasteiger partial charge in [0.05, 0.1) is 20.2 Å². The van der Waals surface area contributed by atoms with Crippen LogP contribution in [0.5, 0.6) is 0 Å². The van der Waals surface area contributed by atoms with Crippen LogP contribution in [0.3, 0.4) is 0 Å². The summed E-state index contributed by atoms with van der Waals surface area (Å²) < 4.78 is 35.3. The molecule has 8 nitrogen and oxygen atoms in total. The third-order valence-electron chi connectivity index (χ3n) is 4.15. The average molecular weight is 361 g/mol. The van der Waals surface area contributed by atoms with Gasteiger partial charge in [0.1, 0.15) is 12.4 Å². The highest BCUT2D eigenvalue weighted by Gasteiger charge is 2.25. The maximum Gasteiger partial charge on any atom is 0.243 e. The molecule has 1 aromatic rings. The van der Waals surface area contributed by atoms with Crippen molar-refractivity contribution in [1.29, 1.82) is 0 Å². The molecule has 1 fully saturated rings. The van der Waals surface area contributed by atoms with Gasteiger partial charge < -0.3 is 9.45 Å². The molecule has 1 aliphatic heterocycles. The van der Waals surface area contributed by atoms with Gasteiger partial charge in [0.2, 0.25) is 22.6 Å². The molecule has 0 saturated carbocycles. The number of carbonyl (C=O) groups is 1. The maximum absolute atomic E-state index is 11.7. The van der Waals surface area contributed by atoms with E-state index in [0.717, 1.165) is 39.3 Å². The number of hydrogen-bond donors (Lipinski definition) is 0. The van der Waals surface area contributed by atoms with Crippen LogP contribution in [0.2, 0.25) is 0 Å². The van der Waals surface area contributed by atoms with Gasteiger partial charge in [-0.1, -0.05) is 0 Å².